The van der Waals surface area contributed by atoms with Gasteiger partial charge in [0.15, 0.2) is 0 Å². The Morgan fingerprint density at radius 1 is 1.17 bits per heavy atom. The molecule has 6 heavy (non-hydrogen) atoms. The Kier molecular flexibility index (Phi) is 3.50. The van der Waals surface area contributed by atoms with Crippen molar-refractivity contribution in [3.05, 3.63) is 0 Å². The van der Waals surface area contributed by atoms with Crippen molar-refractivity contribution in [3.8, 4) is 0 Å². The lowest BCUT2D eigenvalue weighted by atomic mass is 9.70. The summed E-state index contributed by atoms with van der Waals surface area (Å²) in [6.45, 7) is 0. The first kappa shape index (κ1) is 6.19. The zero-order chi connectivity index (χ0) is 4.99. The van der Waals surface area contributed by atoms with E-state index in [0.29, 0.717) is 12.6 Å². The fraction of sp³-hybridized carbons (Fsp3) is 1.00. The summed E-state index contributed by atoms with van der Waals surface area (Å²) in [5.74, 6) is -0.00926. The number of hydrogen-bond acceptors (Lipinski definition) is 0. The summed E-state index contributed by atoms with van der Waals surface area (Å²) >= 11 is 0. The molecule has 0 aromatic heterocycles. The van der Waals surface area contributed by atoms with Crippen molar-refractivity contribution >= 4 is 23.5 Å². The van der Waals surface area contributed by atoms with Crippen molar-refractivity contribution in [1.82, 2.24) is 0 Å². The van der Waals surface area contributed by atoms with Crippen LogP contribution in [0.5, 0.6) is 0 Å². The normalized spacial score (nSPS) is 9.50. The van der Waals surface area contributed by atoms with Crippen LogP contribution in [0.1, 0.15) is 0 Å². The molecule has 0 aliphatic rings. The minimum atomic E-state index is -0.00926. The Hall–Kier alpha value is 0.195. The van der Waals surface area contributed by atoms with Crippen LogP contribution >= 0.6 is 0 Å². The van der Waals surface area contributed by atoms with Gasteiger partial charge >= 0.3 is 0 Å². The molecule has 0 N–H and O–H groups in total. The molecule has 3 heteroatoms. The standard InChI is InChI=1S/C3H5B3/c4-1-3(6)2-5/h3H,1-2H2. The van der Waals surface area contributed by atoms with Gasteiger partial charge < -0.3 is 0 Å². The number of rotatable bonds is 2. The van der Waals surface area contributed by atoms with E-state index in [1.165, 1.54) is 0 Å². The Bertz CT molecular complexity index is 25.2. The molecular formula is C3H5B3. The lowest BCUT2D eigenvalue weighted by Gasteiger charge is -1.99. The quantitative estimate of drug-likeness (QED) is 0.407. The van der Waals surface area contributed by atoms with E-state index in [-0.39, 0.29) is 5.82 Å². The second-order valence-electron chi connectivity index (χ2n) is 1.23. The van der Waals surface area contributed by atoms with Gasteiger partial charge in [0.25, 0.3) is 0 Å². The van der Waals surface area contributed by atoms with Crippen LogP contribution in [0.2, 0.25) is 18.5 Å². The molecule has 0 aromatic rings. The van der Waals surface area contributed by atoms with Crippen molar-refractivity contribution in [3.63, 3.8) is 0 Å². The first-order chi connectivity index (χ1) is 2.81. The predicted molar refractivity (Wildman–Crippen MR) is 30.6 cm³/mol. The van der Waals surface area contributed by atoms with Crippen LogP contribution in [-0.2, 0) is 0 Å². The minimum absolute atomic E-state index is 0.00926. The maximum Gasteiger partial charge on any atom is 0.0679 e. The topological polar surface area (TPSA) is 0 Å². The Balaban J connectivity index is 2.75. The monoisotopic (exact) mass is 74.1 g/mol. The van der Waals surface area contributed by atoms with Crippen LogP contribution in [0.3, 0.4) is 0 Å². The fourth-order valence-corrected chi connectivity index (χ4v) is 0.0962. The molecule has 0 unspecified atom stereocenters. The Labute approximate surface area is 42.9 Å². The van der Waals surface area contributed by atoms with E-state index in [0.717, 1.165) is 0 Å². The first-order valence-corrected chi connectivity index (χ1v) is 1.97. The van der Waals surface area contributed by atoms with Crippen LogP contribution in [0.25, 0.3) is 0 Å². The highest BCUT2D eigenvalue weighted by Gasteiger charge is 1.88. The third-order valence-corrected chi connectivity index (χ3v) is 0.605. The van der Waals surface area contributed by atoms with Crippen LogP contribution < -0.4 is 0 Å². The Morgan fingerprint density at radius 3 is 1.50 bits per heavy atom. The van der Waals surface area contributed by atoms with Gasteiger partial charge in [-0.25, -0.2) is 0 Å². The minimum Gasteiger partial charge on any atom is -0.0942 e. The van der Waals surface area contributed by atoms with Gasteiger partial charge in [-0.2, -0.15) is 0 Å². The van der Waals surface area contributed by atoms with Crippen molar-refractivity contribution in [1.29, 1.82) is 0 Å². The highest BCUT2D eigenvalue weighted by Crippen LogP contribution is 2.04. The summed E-state index contributed by atoms with van der Waals surface area (Å²) in [7, 11) is 15.4. The van der Waals surface area contributed by atoms with Crippen molar-refractivity contribution < 1.29 is 0 Å². The molecule has 0 amide bonds. The van der Waals surface area contributed by atoms with E-state index in [9.17, 15) is 0 Å². The molecule has 0 fully saturated rings. The van der Waals surface area contributed by atoms with Gasteiger partial charge in [-0.15, -0.1) is 0 Å². The molecule has 0 aromatic carbocycles. The first-order valence-electron chi connectivity index (χ1n) is 1.97. The van der Waals surface area contributed by atoms with E-state index in [1.807, 2.05) is 0 Å². The van der Waals surface area contributed by atoms with Gasteiger partial charge in [-0.3, -0.25) is 0 Å². The molecule has 26 valence electrons. The molecule has 0 saturated carbocycles. The van der Waals surface area contributed by atoms with Gasteiger partial charge in [-0.1, -0.05) is 18.5 Å². The van der Waals surface area contributed by atoms with Gasteiger partial charge in [0, 0.05) is 0 Å². The summed E-state index contributed by atoms with van der Waals surface area (Å²) in [4.78, 5) is 0. The zero-order valence-electron chi connectivity index (χ0n) is 3.72. The highest BCUT2D eigenvalue weighted by atomic mass is 13.8. The second-order valence-corrected chi connectivity index (χ2v) is 1.23. The predicted octanol–water partition coefficient (Wildman–Crippen LogP) is 0.117. The maximum atomic E-state index is 5.22. The Morgan fingerprint density at radius 2 is 1.50 bits per heavy atom. The largest absolute Gasteiger partial charge is 0.0942 e. The molecule has 0 aliphatic carbocycles. The van der Waals surface area contributed by atoms with Crippen LogP contribution in [0.4, 0.5) is 0 Å². The molecule has 0 rings (SSSR count). The van der Waals surface area contributed by atoms with Crippen LogP contribution in [-0.4, -0.2) is 23.5 Å². The van der Waals surface area contributed by atoms with E-state index in [2.05, 4.69) is 0 Å². The molecule has 0 nitrogen and oxygen atoms in total. The van der Waals surface area contributed by atoms with Crippen molar-refractivity contribution in [2.45, 2.75) is 18.5 Å². The molecule has 0 heterocycles. The summed E-state index contributed by atoms with van der Waals surface area (Å²) in [5.41, 5.74) is 0. The van der Waals surface area contributed by atoms with Gasteiger partial charge in [0.05, 0.1) is 23.5 Å². The van der Waals surface area contributed by atoms with Crippen molar-refractivity contribution in [2.24, 2.45) is 0 Å². The van der Waals surface area contributed by atoms with E-state index in [4.69, 9.17) is 23.5 Å². The summed E-state index contributed by atoms with van der Waals surface area (Å²) in [6, 6.07) is 0. The second kappa shape index (κ2) is 3.39. The molecule has 0 atom stereocenters. The highest BCUT2D eigenvalue weighted by molar-refractivity contribution is 6.23. The molecule has 0 aliphatic heterocycles. The average Bonchev–Trinajstić information content (AvgIpc) is 1.65. The molecule has 0 spiro atoms. The number of hydrogen-bond donors (Lipinski definition) is 0. The molecule has 0 saturated heterocycles. The maximum absolute atomic E-state index is 5.22. The molecular weight excluding hydrogens is 68.5 g/mol. The van der Waals surface area contributed by atoms with E-state index < -0.39 is 0 Å². The van der Waals surface area contributed by atoms with Gasteiger partial charge in [-0.05, 0) is 0 Å². The lowest BCUT2D eigenvalue weighted by Crippen LogP contribution is -1.87. The molecule has 6 radical (unpaired) electrons. The van der Waals surface area contributed by atoms with Crippen LogP contribution in [0, 0.1) is 0 Å². The lowest BCUT2D eigenvalue weighted by molar-refractivity contribution is 1.07. The summed E-state index contributed by atoms with van der Waals surface area (Å²) in [6.07, 6.45) is 0.965. The molecule has 0 bridgehead atoms. The average molecular weight is 73.5 g/mol. The smallest absolute Gasteiger partial charge is 0.0679 e. The summed E-state index contributed by atoms with van der Waals surface area (Å²) in [5, 5.41) is 0. The van der Waals surface area contributed by atoms with E-state index in [1.54, 1.807) is 0 Å². The zero-order valence-corrected chi connectivity index (χ0v) is 3.72. The third kappa shape index (κ3) is 2.43. The fourth-order valence-electron chi connectivity index (χ4n) is 0.0962. The van der Waals surface area contributed by atoms with E-state index >= 15 is 0 Å². The SMILES string of the molecule is [B]CC([B])C[B]. The summed E-state index contributed by atoms with van der Waals surface area (Å²) < 4.78 is 0. The third-order valence-electron chi connectivity index (χ3n) is 0.605. The van der Waals surface area contributed by atoms with Gasteiger partial charge in [0.2, 0.25) is 0 Å². The van der Waals surface area contributed by atoms with Gasteiger partial charge in [0.1, 0.15) is 0 Å². The van der Waals surface area contributed by atoms with Crippen LogP contribution in [0.15, 0.2) is 0 Å². The van der Waals surface area contributed by atoms with Crippen molar-refractivity contribution in [2.75, 3.05) is 0 Å².